The predicted molar refractivity (Wildman–Crippen MR) is 48.3 cm³/mol. The molecule has 13 heavy (non-hydrogen) atoms. The standard InChI is InChI=1S/C9H16NO3/c1-3-4-6-7(11)5(2)13-9(10)8(6)12/h3,5-8,11-12H,1,4,10H2,2H3. The van der Waals surface area contributed by atoms with E-state index in [1.165, 1.54) is 0 Å². The largest absolute Gasteiger partial charge is 0.390 e. The first-order valence-corrected chi connectivity index (χ1v) is 4.34. The molecule has 4 heteroatoms. The fourth-order valence-corrected chi connectivity index (χ4v) is 1.56. The molecule has 4 N–H and O–H groups in total. The van der Waals surface area contributed by atoms with E-state index in [1.807, 2.05) is 0 Å². The smallest absolute Gasteiger partial charge is 0.188 e. The first-order valence-electron chi connectivity index (χ1n) is 4.34. The van der Waals surface area contributed by atoms with Gasteiger partial charge >= 0.3 is 0 Å². The van der Waals surface area contributed by atoms with Crippen LogP contribution in [-0.4, -0.2) is 28.5 Å². The zero-order valence-corrected chi connectivity index (χ0v) is 7.68. The van der Waals surface area contributed by atoms with Gasteiger partial charge in [-0.2, -0.15) is 0 Å². The summed E-state index contributed by atoms with van der Waals surface area (Å²) in [5, 5.41) is 19.2. The maximum atomic E-state index is 9.66. The minimum atomic E-state index is -0.899. The molecule has 1 radical (unpaired) electrons. The fourth-order valence-electron chi connectivity index (χ4n) is 1.56. The zero-order chi connectivity index (χ0) is 10.0. The van der Waals surface area contributed by atoms with Crippen LogP contribution in [0.4, 0.5) is 0 Å². The van der Waals surface area contributed by atoms with Crippen LogP contribution in [0.2, 0.25) is 0 Å². The van der Waals surface area contributed by atoms with Gasteiger partial charge in [-0.3, -0.25) is 5.73 Å². The third kappa shape index (κ3) is 2.08. The van der Waals surface area contributed by atoms with Crippen molar-refractivity contribution in [2.75, 3.05) is 0 Å². The van der Waals surface area contributed by atoms with Gasteiger partial charge in [0.15, 0.2) is 6.23 Å². The SMILES string of the molecule is C=CCC1C(O)[C](N)OC(C)C1O. The highest BCUT2D eigenvalue weighted by Crippen LogP contribution is 2.29. The van der Waals surface area contributed by atoms with Crippen LogP contribution in [0.1, 0.15) is 13.3 Å². The van der Waals surface area contributed by atoms with Crippen LogP contribution in [0.15, 0.2) is 12.7 Å². The molecule has 75 valence electrons. The van der Waals surface area contributed by atoms with Crippen molar-refractivity contribution >= 4 is 0 Å². The first kappa shape index (κ1) is 10.7. The van der Waals surface area contributed by atoms with Crippen LogP contribution in [0.3, 0.4) is 0 Å². The molecule has 0 aromatic heterocycles. The summed E-state index contributed by atoms with van der Waals surface area (Å²) < 4.78 is 5.05. The number of rotatable bonds is 2. The Kier molecular flexibility index (Phi) is 3.44. The van der Waals surface area contributed by atoms with Gasteiger partial charge < -0.3 is 14.9 Å². The van der Waals surface area contributed by atoms with Crippen molar-refractivity contribution in [3.8, 4) is 0 Å². The summed E-state index contributed by atoms with van der Waals surface area (Å²) in [5.41, 5.74) is 5.45. The highest BCUT2D eigenvalue weighted by atomic mass is 16.5. The molecule has 0 aromatic carbocycles. The molecule has 0 spiro atoms. The summed E-state index contributed by atoms with van der Waals surface area (Å²) in [7, 11) is 0. The molecule has 1 rings (SSSR count). The maximum absolute atomic E-state index is 9.66. The Hall–Kier alpha value is -0.420. The van der Waals surface area contributed by atoms with Crippen molar-refractivity contribution in [1.82, 2.24) is 0 Å². The summed E-state index contributed by atoms with van der Waals surface area (Å²) in [5.74, 6) is -0.304. The Morgan fingerprint density at radius 3 is 2.77 bits per heavy atom. The molecule has 0 aromatic rings. The molecule has 4 atom stereocenters. The van der Waals surface area contributed by atoms with Crippen LogP contribution in [0.25, 0.3) is 0 Å². The van der Waals surface area contributed by atoms with Gasteiger partial charge in [0.25, 0.3) is 0 Å². The molecule has 0 aliphatic carbocycles. The normalized spacial score (nSPS) is 41.8. The van der Waals surface area contributed by atoms with Gasteiger partial charge in [-0.05, 0) is 13.3 Å². The molecule has 1 aliphatic rings. The number of hydrogen-bond donors (Lipinski definition) is 3. The van der Waals surface area contributed by atoms with Crippen LogP contribution in [-0.2, 0) is 4.74 Å². The predicted octanol–water partition coefficient (Wildman–Crippen LogP) is -0.233. The van der Waals surface area contributed by atoms with E-state index in [0.717, 1.165) is 0 Å². The third-order valence-corrected chi connectivity index (χ3v) is 2.38. The summed E-state index contributed by atoms with van der Waals surface area (Å²) >= 11 is 0. The molecule has 0 bridgehead atoms. The quantitative estimate of drug-likeness (QED) is 0.521. The van der Waals surface area contributed by atoms with Gasteiger partial charge in [0.05, 0.1) is 12.2 Å². The van der Waals surface area contributed by atoms with Crippen molar-refractivity contribution in [3.63, 3.8) is 0 Å². The van der Waals surface area contributed by atoms with Gasteiger partial charge in [-0.1, -0.05) is 6.08 Å². The minimum absolute atomic E-state index is 0.0876. The Bertz CT molecular complexity index is 172. The average molecular weight is 186 g/mol. The van der Waals surface area contributed by atoms with Crippen molar-refractivity contribution < 1.29 is 14.9 Å². The number of allylic oxidation sites excluding steroid dienone is 1. The number of aliphatic hydroxyl groups excluding tert-OH is 2. The molecule has 1 fully saturated rings. The lowest BCUT2D eigenvalue weighted by molar-refractivity contribution is -0.145. The maximum Gasteiger partial charge on any atom is 0.188 e. The van der Waals surface area contributed by atoms with Crippen molar-refractivity contribution in [3.05, 3.63) is 18.9 Å². The highest BCUT2D eigenvalue weighted by Gasteiger charge is 2.40. The molecule has 0 saturated carbocycles. The van der Waals surface area contributed by atoms with Crippen molar-refractivity contribution in [2.24, 2.45) is 11.7 Å². The molecule has 0 amide bonds. The summed E-state index contributed by atoms with van der Waals surface area (Å²) in [6, 6.07) is 0. The Morgan fingerprint density at radius 1 is 1.62 bits per heavy atom. The Labute approximate surface area is 78.0 Å². The van der Waals surface area contributed by atoms with Crippen molar-refractivity contribution in [2.45, 2.75) is 31.7 Å². The van der Waals surface area contributed by atoms with E-state index < -0.39 is 12.2 Å². The monoisotopic (exact) mass is 186 g/mol. The number of ether oxygens (including phenoxy) is 1. The summed E-state index contributed by atoms with van der Waals surface area (Å²) in [4.78, 5) is 0. The van der Waals surface area contributed by atoms with E-state index in [0.29, 0.717) is 6.42 Å². The second-order valence-corrected chi connectivity index (χ2v) is 3.35. The first-order chi connectivity index (χ1) is 6.07. The molecular formula is C9H16NO3. The van der Waals surface area contributed by atoms with Crippen LogP contribution < -0.4 is 5.73 Å². The topological polar surface area (TPSA) is 75.7 Å². The number of hydrogen-bond acceptors (Lipinski definition) is 4. The van der Waals surface area contributed by atoms with Gasteiger partial charge in [-0.25, -0.2) is 0 Å². The van der Waals surface area contributed by atoms with Crippen LogP contribution in [0, 0.1) is 12.1 Å². The van der Waals surface area contributed by atoms with E-state index in [9.17, 15) is 10.2 Å². The second kappa shape index (κ2) is 4.19. The van der Waals surface area contributed by atoms with E-state index >= 15 is 0 Å². The molecule has 1 saturated heterocycles. The Balaban J connectivity index is 2.69. The van der Waals surface area contributed by atoms with Crippen LogP contribution in [0.5, 0.6) is 0 Å². The van der Waals surface area contributed by atoms with E-state index in [4.69, 9.17) is 10.5 Å². The fraction of sp³-hybridized carbons (Fsp3) is 0.667. The third-order valence-electron chi connectivity index (χ3n) is 2.38. The van der Waals surface area contributed by atoms with E-state index in [2.05, 4.69) is 6.58 Å². The molecule has 4 nitrogen and oxygen atoms in total. The van der Waals surface area contributed by atoms with Gasteiger partial charge in [-0.15, -0.1) is 6.58 Å². The molecule has 1 aliphatic heterocycles. The number of nitrogens with two attached hydrogens (primary N) is 1. The van der Waals surface area contributed by atoms with Crippen molar-refractivity contribution in [1.29, 1.82) is 0 Å². The lowest BCUT2D eigenvalue weighted by Crippen LogP contribution is -2.51. The molecular weight excluding hydrogens is 170 g/mol. The van der Waals surface area contributed by atoms with Gasteiger partial charge in [0, 0.05) is 5.92 Å². The van der Waals surface area contributed by atoms with Crippen LogP contribution >= 0.6 is 0 Å². The van der Waals surface area contributed by atoms with E-state index in [1.54, 1.807) is 13.0 Å². The minimum Gasteiger partial charge on any atom is -0.390 e. The van der Waals surface area contributed by atoms with Gasteiger partial charge in [0.2, 0.25) is 0 Å². The highest BCUT2D eigenvalue weighted by molar-refractivity contribution is 4.99. The second-order valence-electron chi connectivity index (χ2n) is 3.35. The lowest BCUT2D eigenvalue weighted by Gasteiger charge is -2.39. The lowest BCUT2D eigenvalue weighted by atomic mass is 9.86. The summed E-state index contributed by atoms with van der Waals surface area (Å²) in [6.45, 7) is 5.28. The summed E-state index contributed by atoms with van der Waals surface area (Å²) in [6.07, 6.45) is 0.307. The van der Waals surface area contributed by atoms with E-state index in [-0.39, 0.29) is 18.2 Å². The number of aliphatic hydroxyl groups is 2. The average Bonchev–Trinajstić information content (AvgIpc) is 2.09. The molecule has 1 heterocycles. The van der Waals surface area contributed by atoms with Gasteiger partial charge in [0.1, 0.15) is 6.10 Å². The Morgan fingerprint density at radius 2 is 2.23 bits per heavy atom. The zero-order valence-electron chi connectivity index (χ0n) is 7.68. The molecule has 4 unspecified atom stereocenters.